The zero-order valence-corrected chi connectivity index (χ0v) is 13.1. The van der Waals surface area contributed by atoms with Crippen molar-refractivity contribution in [2.75, 3.05) is 7.11 Å². The van der Waals surface area contributed by atoms with Gasteiger partial charge in [-0.25, -0.2) is 0 Å². The fourth-order valence-corrected chi connectivity index (χ4v) is 2.84. The molecule has 0 bridgehead atoms. The van der Waals surface area contributed by atoms with Crippen LogP contribution in [0.1, 0.15) is 11.1 Å². The van der Waals surface area contributed by atoms with E-state index in [1.54, 1.807) is 13.2 Å². The van der Waals surface area contributed by atoms with Crippen LogP contribution in [-0.2, 0) is 6.54 Å². The molecule has 1 heterocycles. The van der Waals surface area contributed by atoms with Crippen molar-refractivity contribution >= 4 is 26.8 Å². The summed E-state index contributed by atoms with van der Waals surface area (Å²) < 4.78 is 8.61. The lowest BCUT2D eigenvalue weighted by atomic mass is 10.1. The fraction of sp³-hybridized carbons (Fsp3) is 0.118. The van der Waals surface area contributed by atoms with Gasteiger partial charge in [0.1, 0.15) is 5.75 Å². The van der Waals surface area contributed by atoms with Crippen molar-refractivity contribution in [1.82, 2.24) is 4.57 Å². The highest BCUT2D eigenvalue weighted by atomic mass is 79.9. The van der Waals surface area contributed by atoms with Crippen LogP contribution in [0.25, 0.3) is 10.9 Å². The average Bonchev–Trinajstić information content (AvgIpc) is 2.89. The van der Waals surface area contributed by atoms with Crippen LogP contribution >= 0.6 is 15.9 Å². The highest BCUT2D eigenvalue weighted by Gasteiger charge is 2.08. The Morgan fingerprint density at radius 1 is 1.19 bits per heavy atom. The molecule has 0 spiro atoms. The maximum Gasteiger partial charge on any atom is 0.123 e. The number of benzene rings is 2. The summed E-state index contributed by atoms with van der Waals surface area (Å²) in [5.41, 5.74) is 2.80. The molecule has 1 aromatic heterocycles. The number of hydrogen-bond acceptors (Lipinski definition) is 2. The Morgan fingerprint density at radius 2 is 2.05 bits per heavy atom. The zero-order chi connectivity index (χ0) is 14.8. The van der Waals surface area contributed by atoms with E-state index in [9.17, 15) is 0 Å². The van der Waals surface area contributed by atoms with Crippen LogP contribution in [0.4, 0.5) is 0 Å². The minimum absolute atomic E-state index is 0.644. The second-order valence-corrected chi connectivity index (χ2v) is 5.70. The molecule has 0 N–H and O–H groups in total. The first-order chi connectivity index (χ1) is 10.2. The lowest BCUT2D eigenvalue weighted by molar-refractivity contribution is 0.408. The van der Waals surface area contributed by atoms with E-state index in [4.69, 9.17) is 10.00 Å². The number of halogens is 1. The van der Waals surface area contributed by atoms with Crippen LogP contribution in [0.5, 0.6) is 5.75 Å². The molecule has 3 rings (SSSR count). The summed E-state index contributed by atoms with van der Waals surface area (Å²) in [6, 6.07) is 16.0. The summed E-state index contributed by atoms with van der Waals surface area (Å²) in [4.78, 5) is 0. The predicted molar refractivity (Wildman–Crippen MR) is 86.4 cm³/mol. The third kappa shape index (κ3) is 2.65. The second kappa shape index (κ2) is 5.63. The molecule has 0 aliphatic rings. The molecular formula is C17H13BrN2O. The molecule has 0 fully saturated rings. The van der Waals surface area contributed by atoms with Crippen molar-refractivity contribution in [2.24, 2.45) is 0 Å². The van der Waals surface area contributed by atoms with Crippen molar-refractivity contribution in [3.8, 4) is 11.8 Å². The zero-order valence-electron chi connectivity index (χ0n) is 11.5. The van der Waals surface area contributed by atoms with Crippen molar-refractivity contribution < 1.29 is 4.74 Å². The highest BCUT2D eigenvalue weighted by Crippen LogP contribution is 2.25. The molecule has 3 aromatic rings. The quantitative estimate of drug-likeness (QED) is 0.711. The number of hydrogen-bond donors (Lipinski definition) is 0. The number of nitriles is 1. The summed E-state index contributed by atoms with van der Waals surface area (Å²) in [5, 5.41) is 10.2. The molecule has 0 atom stereocenters. The molecule has 3 nitrogen and oxygen atoms in total. The molecule has 0 unspecified atom stereocenters. The minimum Gasteiger partial charge on any atom is -0.496 e. The number of aromatic nitrogens is 1. The standard InChI is InChI=1S/C17H13BrN2O/c1-21-17-5-2-12(10-19)8-14(17)11-20-7-6-13-9-15(18)3-4-16(13)20/h2-9H,11H2,1H3. The first-order valence-electron chi connectivity index (χ1n) is 6.52. The number of methoxy groups -OCH3 is 1. The van der Waals surface area contributed by atoms with Gasteiger partial charge in [-0.2, -0.15) is 5.26 Å². The van der Waals surface area contributed by atoms with Gasteiger partial charge in [0.25, 0.3) is 0 Å². The Morgan fingerprint density at radius 3 is 2.81 bits per heavy atom. The van der Waals surface area contributed by atoms with Gasteiger partial charge in [-0.1, -0.05) is 15.9 Å². The van der Waals surface area contributed by atoms with E-state index in [0.717, 1.165) is 21.3 Å². The van der Waals surface area contributed by atoms with Gasteiger partial charge in [0.15, 0.2) is 0 Å². The van der Waals surface area contributed by atoms with Crippen molar-refractivity contribution in [3.05, 3.63) is 64.3 Å². The van der Waals surface area contributed by atoms with Crippen LogP contribution in [-0.4, -0.2) is 11.7 Å². The smallest absolute Gasteiger partial charge is 0.123 e. The number of ether oxygens (including phenoxy) is 1. The van der Waals surface area contributed by atoms with Crippen molar-refractivity contribution in [2.45, 2.75) is 6.54 Å². The summed E-state index contributed by atoms with van der Waals surface area (Å²) in [6.07, 6.45) is 2.05. The Bertz CT molecular complexity index is 846. The fourth-order valence-electron chi connectivity index (χ4n) is 2.46. The van der Waals surface area contributed by atoms with Gasteiger partial charge in [-0.3, -0.25) is 0 Å². The van der Waals surface area contributed by atoms with E-state index < -0.39 is 0 Å². The molecular weight excluding hydrogens is 328 g/mol. The third-order valence-electron chi connectivity index (χ3n) is 3.48. The van der Waals surface area contributed by atoms with Crippen molar-refractivity contribution in [1.29, 1.82) is 5.26 Å². The van der Waals surface area contributed by atoms with E-state index in [1.807, 2.05) is 18.2 Å². The monoisotopic (exact) mass is 340 g/mol. The largest absolute Gasteiger partial charge is 0.496 e. The molecule has 0 saturated carbocycles. The van der Waals surface area contributed by atoms with Crippen LogP contribution in [0.2, 0.25) is 0 Å². The third-order valence-corrected chi connectivity index (χ3v) is 3.98. The van der Waals surface area contributed by atoms with E-state index in [-0.39, 0.29) is 0 Å². The van der Waals surface area contributed by atoms with Crippen LogP contribution in [0, 0.1) is 11.3 Å². The number of rotatable bonds is 3. The van der Waals surface area contributed by atoms with Gasteiger partial charge in [0, 0.05) is 27.1 Å². The number of nitrogens with zero attached hydrogens (tertiary/aromatic N) is 2. The summed E-state index contributed by atoms with van der Waals surface area (Å²) in [7, 11) is 1.65. The van der Waals surface area contributed by atoms with Gasteiger partial charge in [0.05, 0.1) is 25.3 Å². The minimum atomic E-state index is 0.644. The highest BCUT2D eigenvalue weighted by molar-refractivity contribution is 9.10. The van der Waals surface area contributed by atoms with Crippen molar-refractivity contribution in [3.63, 3.8) is 0 Å². The molecule has 0 amide bonds. The first kappa shape index (κ1) is 13.7. The lowest BCUT2D eigenvalue weighted by Crippen LogP contribution is -2.01. The molecule has 0 saturated heterocycles. The maximum absolute atomic E-state index is 9.05. The SMILES string of the molecule is COc1ccc(C#N)cc1Cn1ccc2cc(Br)ccc21. The van der Waals surface area contributed by atoms with Gasteiger partial charge < -0.3 is 9.30 Å². The summed E-state index contributed by atoms with van der Waals surface area (Å²) in [6.45, 7) is 0.670. The number of fused-ring (bicyclic) bond motifs is 1. The molecule has 0 aliphatic heterocycles. The average molecular weight is 341 g/mol. The Kier molecular flexibility index (Phi) is 3.68. The van der Waals surface area contributed by atoms with Crippen LogP contribution in [0.15, 0.2) is 53.1 Å². The molecule has 104 valence electrons. The molecule has 0 radical (unpaired) electrons. The second-order valence-electron chi connectivity index (χ2n) is 4.79. The van der Waals surface area contributed by atoms with Gasteiger partial charge in [-0.15, -0.1) is 0 Å². The normalized spacial score (nSPS) is 10.5. The van der Waals surface area contributed by atoms with Gasteiger partial charge >= 0.3 is 0 Å². The van der Waals surface area contributed by atoms with Gasteiger partial charge in [-0.05, 0) is 42.5 Å². The Hall–Kier alpha value is -2.25. The summed E-state index contributed by atoms with van der Waals surface area (Å²) >= 11 is 3.48. The first-order valence-corrected chi connectivity index (χ1v) is 7.32. The predicted octanol–water partition coefficient (Wildman–Crippen LogP) is 4.33. The lowest BCUT2D eigenvalue weighted by Gasteiger charge is -2.11. The van der Waals surface area contributed by atoms with Crippen LogP contribution < -0.4 is 4.74 Å². The van der Waals surface area contributed by atoms with Crippen LogP contribution in [0.3, 0.4) is 0 Å². The topological polar surface area (TPSA) is 37.9 Å². The molecule has 4 heteroatoms. The van der Waals surface area contributed by atoms with E-state index in [1.165, 1.54) is 5.39 Å². The molecule has 0 aliphatic carbocycles. The Balaban J connectivity index is 2.04. The van der Waals surface area contributed by atoms with Gasteiger partial charge in [0.2, 0.25) is 0 Å². The van der Waals surface area contributed by atoms with E-state index in [2.05, 4.69) is 51.0 Å². The van der Waals surface area contributed by atoms with E-state index >= 15 is 0 Å². The Labute approximate surface area is 131 Å². The maximum atomic E-state index is 9.05. The van der Waals surface area contributed by atoms with E-state index in [0.29, 0.717) is 12.1 Å². The molecule has 2 aromatic carbocycles. The molecule has 21 heavy (non-hydrogen) atoms. The summed E-state index contributed by atoms with van der Waals surface area (Å²) in [5.74, 6) is 0.799.